The number of methoxy groups -OCH3 is 1. The Morgan fingerprint density at radius 2 is 1.81 bits per heavy atom. The smallest absolute Gasteiger partial charge is 0.251 e. The number of unbranched alkanes of at least 4 members (excludes halogenated alkanes) is 1. The van der Waals surface area contributed by atoms with Gasteiger partial charge in [-0.1, -0.05) is 19.4 Å². The largest absolute Gasteiger partial charge is 0.493 e. The fourth-order valence-electron chi connectivity index (χ4n) is 2.47. The summed E-state index contributed by atoms with van der Waals surface area (Å²) in [6, 6.07) is 11.0. The molecule has 5 nitrogen and oxygen atoms in total. The predicted molar refractivity (Wildman–Crippen MR) is 110 cm³/mol. The number of benzene rings is 2. The second-order valence-corrected chi connectivity index (χ2v) is 6.80. The van der Waals surface area contributed by atoms with Crippen molar-refractivity contribution in [2.75, 3.05) is 20.3 Å². The molecule has 0 unspecified atom stereocenters. The van der Waals surface area contributed by atoms with E-state index in [-0.39, 0.29) is 5.91 Å². The second-order valence-electron chi connectivity index (χ2n) is 5.95. The summed E-state index contributed by atoms with van der Waals surface area (Å²) < 4.78 is 17.4. The SMILES string of the molecule is CCCCOc1ccc(CNC(=O)c2ccc(OCC)c(Br)c2)cc1OC. The highest BCUT2D eigenvalue weighted by molar-refractivity contribution is 9.10. The molecule has 2 aromatic rings. The number of hydrogen-bond donors (Lipinski definition) is 1. The third kappa shape index (κ3) is 6.17. The standard InChI is InChI=1S/C21H26BrNO4/c1-4-6-11-27-19-9-7-15(12-20(19)25-3)14-23-21(24)16-8-10-18(26-5-2)17(22)13-16/h7-10,12-13H,4-6,11,14H2,1-3H3,(H,23,24). The summed E-state index contributed by atoms with van der Waals surface area (Å²) >= 11 is 3.43. The van der Waals surface area contributed by atoms with E-state index in [0.717, 1.165) is 34.4 Å². The highest BCUT2D eigenvalue weighted by Gasteiger charge is 2.10. The van der Waals surface area contributed by atoms with Crippen molar-refractivity contribution in [2.24, 2.45) is 0 Å². The maximum Gasteiger partial charge on any atom is 0.251 e. The second kappa shape index (κ2) is 10.8. The van der Waals surface area contributed by atoms with Crippen LogP contribution in [0.2, 0.25) is 0 Å². The fraction of sp³-hybridized carbons (Fsp3) is 0.381. The summed E-state index contributed by atoms with van der Waals surface area (Å²) in [5.41, 5.74) is 1.50. The summed E-state index contributed by atoms with van der Waals surface area (Å²) in [5.74, 6) is 1.96. The van der Waals surface area contributed by atoms with Crippen LogP contribution in [0.25, 0.3) is 0 Å². The molecule has 0 aromatic heterocycles. The van der Waals surface area contributed by atoms with Crippen molar-refractivity contribution in [3.63, 3.8) is 0 Å². The number of halogens is 1. The molecule has 0 saturated carbocycles. The molecule has 1 amide bonds. The van der Waals surface area contributed by atoms with Gasteiger partial charge in [0.05, 0.1) is 24.8 Å². The third-order valence-corrected chi connectivity index (χ3v) is 4.55. The van der Waals surface area contributed by atoms with E-state index in [4.69, 9.17) is 14.2 Å². The van der Waals surface area contributed by atoms with Crippen LogP contribution in [0.5, 0.6) is 17.2 Å². The average molecular weight is 436 g/mol. The molecule has 0 aliphatic rings. The Morgan fingerprint density at radius 1 is 1.04 bits per heavy atom. The molecule has 1 N–H and O–H groups in total. The van der Waals surface area contributed by atoms with Crippen LogP contribution in [0, 0.1) is 0 Å². The van der Waals surface area contributed by atoms with Crippen molar-refractivity contribution in [3.8, 4) is 17.2 Å². The highest BCUT2D eigenvalue weighted by atomic mass is 79.9. The van der Waals surface area contributed by atoms with Gasteiger partial charge in [0.15, 0.2) is 11.5 Å². The van der Waals surface area contributed by atoms with Crippen LogP contribution < -0.4 is 19.5 Å². The number of hydrogen-bond acceptors (Lipinski definition) is 4. The zero-order chi connectivity index (χ0) is 19.6. The number of carbonyl (C=O) groups excluding carboxylic acids is 1. The molecular weight excluding hydrogens is 410 g/mol. The van der Waals surface area contributed by atoms with Crippen LogP contribution in [0.15, 0.2) is 40.9 Å². The molecule has 0 radical (unpaired) electrons. The normalized spacial score (nSPS) is 10.4. The molecule has 2 rings (SSSR count). The van der Waals surface area contributed by atoms with Gasteiger partial charge in [0, 0.05) is 12.1 Å². The minimum Gasteiger partial charge on any atom is -0.493 e. The van der Waals surface area contributed by atoms with Gasteiger partial charge in [-0.3, -0.25) is 4.79 Å². The summed E-state index contributed by atoms with van der Waals surface area (Å²) in [6.07, 6.45) is 2.08. The number of amides is 1. The first-order valence-corrected chi connectivity index (χ1v) is 9.88. The summed E-state index contributed by atoms with van der Waals surface area (Å²) in [7, 11) is 1.61. The summed E-state index contributed by atoms with van der Waals surface area (Å²) in [5, 5.41) is 2.92. The van der Waals surface area contributed by atoms with Gasteiger partial charge in [-0.05, 0) is 65.2 Å². The summed E-state index contributed by atoms with van der Waals surface area (Å²) in [4.78, 5) is 12.4. The molecule has 0 aliphatic heterocycles. The Bertz CT molecular complexity index is 764. The van der Waals surface area contributed by atoms with Crippen LogP contribution in [-0.2, 0) is 6.54 Å². The van der Waals surface area contributed by atoms with Crippen LogP contribution in [0.1, 0.15) is 42.6 Å². The Balaban J connectivity index is 1.99. The van der Waals surface area contributed by atoms with Crippen LogP contribution >= 0.6 is 15.9 Å². The van der Waals surface area contributed by atoms with Crippen molar-refractivity contribution < 1.29 is 19.0 Å². The molecule has 146 valence electrons. The van der Waals surface area contributed by atoms with Gasteiger partial charge < -0.3 is 19.5 Å². The molecule has 0 heterocycles. The van der Waals surface area contributed by atoms with Gasteiger partial charge in [-0.2, -0.15) is 0 Å². The first-order valence-electron chi connectivity index (χ1n) is 9.09. The zero-order valence-corrected chi connectivity index (χ0v) is 17.6. The number of carbonyl (C=O) groups is 1. The van der Waals surface area contributed by atoms with E-state index < -0.39 is 0 Å². The zero-order valence-electron chi connectivity index (χ0n) is 16.0. The lowest BCUT2D eigenvalue weighted by atomic mass is 10.1. The topological polar surface area (TPSA) is 56.8 Å². The average Bonchev–Trinajstić information content (AvgIpc) is 2.68. The molecule has 0 bridgehead atoms. The molecule has 6 heteroatoms. The van der Waals surface area contributed by atoms with E-state index in [9.17, 15) is 4.79 Å². The van der Waals surface area contributed by atoms with Gasteiger partial charge in [0.25, 0.3) is 5.91 Å². The van der Waals surface area contributed by atoms with Gasteiger partial charge in [0.1, 0.15) is 5.75 Å². The van der Waals surface area contributed by atoms with Crippen LogP contribution in [0.4, 0.5) is 0 Å². The van der Waals surface area contributed by atoms with Crippen molar-refractivity contribution >= 4 is 21.8 Å². The maximum atomic E-state index is 12.4. The van der Waals surface area contributed by atoms with E-state index in [0.29, 0.717) is 31.1 Å². The number of rotatable bonds is 10. The molecule has 0 atom stereocenters. The monoisotopic (exact) mass is 435 g/mol. The van der Waals surface area contributed by atoms with E-state index in [1.165, 1.54) is 0 Å². The quantitative estimate of drug-likeness (QED) is 0.535. The van der Waals surface area contributed by atoms with E-state index in [1.807, 2.05) is 25.1 Å². The van der Waals surface area contributed by atoms with Crippen molar-refractivity contribution in [2.45, 2.75) is 33.2 Å². The number of nitrogens with one attached hydrogen (secondary N) is 1. The van der Waals surface area contributed by atoms with Crippen molar-refractivity contribution in [1.29, 1.82) is 0 Å². The highest BCUT2D eigenvalue weighted by Crippen LogP contribution is 2.29. The Kier molecular flexibility index (Phi) is 8.45. The summed E-state index contributed by atoms with van der Waals surface area (Å²) in [6.45, 7) is 5.67. The molecule has 0 saturated heterocycles. The van der Waals surface area contributed by atoms with Gasteiger partial charge in [0.2, 0.25) is 0 Å². The van der Waals surface area contributed by atoms with Crippen LogP contribution in [0.3, 0.4) is 0 Å². The lowest BCUT2D eigenvalue weighted by Crippen LogP contribution is -2.22. The van der Waals surface area contributed by atoms with E-state index in [2.05, 4.69) is 28.2 Å². The first-order chi connectivity index (χ1) is 13.1. The lowest BCUT2D eigenvalue weighted by Gasteiger charge is -2.13. The Labute approximate surface area is 169 Å². The van der Waals surface area contributed by atoms with Crippen molar-refractivity contribution in [3.05, 3.63) is 52.0 Å². The lowest BCUT2D eigenvalue weighted by molar-refractivity contribution is 0.0950. The molecule has 2 aromatic carbocycles. The minimum atomic E-state index is -0.152. The first kappa shape index (κ1) is 21.1. The van der Waals surface area contributed by atoms with Crippen LogP contribution in [-0.4, -0.2) is 26.2 Å². The Hall–Kier alpha value is -2.21. The predicted octanol–water partition coefficient (Wildman–Crippen LogP) is 4.97. The van der Waals surface area contributed by atoms with E-state index in [1.54, 1.807) is 25.3 Å². The van der Waals surface area contributed by atoms with Crippen molar-refractivity contribution in [1.82, 2.24) is 5.32 Å². The van der Waals surface area contributed by atoms with Gasteiger partial charge in [-0.15, -0.1) is 0 Å². The molecule has 0 aliphatic carbocycles. The van der Waals surface area contributed by atoms with Gasteiger partial charge >= 0.3 is 0 Å². The molecule has 0 spiro atoms. The number of ether oxygens (including phenoxy) is 3. The third-order valence-electron chi connectivity index (χ3n) is 3.93. The minimum absolute atomic E-state index is 0.152. The molecular formula is C21H26BrNO4. The van der Waals surface area contributed by atoms with E-state index >= 15 is 0 Å². The maximum absolute atomic E-state index is 12.4. The molecule has 0 fully saturated rings. The van der Waals surface area contributed by atoms with Gasteiger partial charge in [-0.25, -0.2) is 0 Å². The molecule has 27 heavy (non-hydrogen) atoms. The Morgan fingerprint density at radius 3 is 2.48 bits per heavy atom. The fourth-order valence-corrected chi connectivity index (χ4v) is 2.96.